The molecule has 104 valence electrons. The van der Waals surface area contributed by atoms with Crippen molar-refractivity contribution in [1.82, 2.24) is 15.6 Å². The number of nitrogens with zero attached hydrogens (tertiary/aromatic N) is 1. The number of rotatable bonds is 3. The van der Waals surface area contributed by atoms with Gasteiger partial charge in [-0.15, -0.1) is 11.3 Å². The number of benzene rings is 1. The molecule has 0 radical (unpaired) electrons. The maximum Gasteiger partial charge on any atom is 0.242 e. The van der Waals surface area contributed by atoms with Gasteiger partial charge in [0.25, 0.3) is 0 Å². The lowest BCUT2D eigenvalue weighted by atomic mass is 9.94. The maximum atomic E-state index is 12.3. The molecular weight excluding hydrogens is 270 g/mol. The van der Waals surface area contributed by atoms with Gasteiger partial charge in [0.2, 0.25) is 5.91 Å². The lowest BCUT2D eigenvalue weighted by Gasteiger charge is -2.25. The molecule has 5 heteroatoms. The second-order valence-corrected chi connectivity index (χ2v) is 6.24. The second-order valence-electron chi connectivity index (χ2n) is 4.92. The van der Waals surface area contributed by atoms with E-state index in [4.69, 9.17) is 0 Å². The molecule has 1 atom stereocenters. The standard InChI is InChI=1S/C15H17N3OS/c1-10-8-17-13(20-10)9-18-15(19)14-12-5-3-2-4-11(12)6-7-16-14/h2-5,8,14,16H,6-7,9H2,1H3,(H,18,19). The van der Waals surface area contributed by atoms with Crippen LogP contribution >= 0.6 is 11.3 Å². The molecule has 1 amide bonds. The van der Waals surface area contributed by atoms with E-state index in [0.29, 0.717) is 6.54 Å². The molecule has 0 saturated carbocycles. The van der Waals surface area contributed by atoms with E-state index >= 15 is 0 Å². The monoisotopic (exact) mass is 287 g/mol. The van der Waals surface area contributed by atoms with E-state index in [2.05, 4.69) is 21.7 Å². The maximum absolute atomic E-state index is 12.3. The normalized spacial score (nSPS) is 17.6. The molecule has 0 fully saturated rings. The Labute approximate surface area is 122 Å². The number of amides is 1. The third-order valence-electron chi connectivity index (χ3n) is 3.45. The Morgan fingerprint density at radius 3 is 3.15 bits per heavy atom. The largest absolute Gasteiger partial charge is 0.348 e. The smallest absolute Gasteiger partial charge is 0.242 e. The Hall–Kier alpha value is -1.72. The van der Waals surface area contributed by atoms with Gasteiger partial charge in [0.1, 0.15) is 11.0 Å². The Kier molecular flexibility index (Phi) is 3.80. The molecule has 1 aromatic carbocycles. The van der Waals surface area contributed by atoms with Crippen molar-refractivity contribution >= 4 is 17.2 Å². The van der Waals surface area contributed by atoms with Crippen molar-refractivity contribution in [2.24, 2.45) is 0 Å². The van der Waals surface area contributed by atoms with Gasteiger partial charge in [0.05, 0.1) is 6.54 Å². The molecule has 2 heterocycles. The number of fused-ring (bicyclic) bond motifs is 1. The molecule has 2 aromatic rings. The van der Waals surface area contributed by atoms with Gasteiger partial charge in [-0.25, -0.2) is 4.98 Å². The molecule has 0 bridgehead atoms. The minimum Gasteiger partial charge on any atom is -0.348 e. The highest BCUT2D eigenvalue weighted by atomic mass is 32.1. The summed E-state index contributed by atoms with van der Waals surface area (Å²) in [5, 5.41) is 7.20. The summed E-state index contributed by atoms with van der Waals surface area (Å²) in [7, 11) is 0. The summed E-state index contributed by atoms with van der Waals surface area (Å²) < 4.78 is 0. The number of thiazole rings is 1. The van der Waals surface area contributed by atoms with Crippen LogP contribution < -0.4 is 10.6 Å². The van der Waals surface area contributed by atoms with E-state index in [-0.39, 0.29) is 11.9 Å². The lowest BCUT2D eigenvalue weighted by Crippen LogP contribution is -2.41. The number of hydrogen-bond donors (Lipinski definition) is 2. The molecule has 1 aliphatic rings. The van der Waals surface area contributed by atoms with Crippen molar-refractivity contribution in [1.29, 1.82) is 0 Å². The van der Waals surface area contributed by atoms with Crippen LogP contribution in [0, 0.1) is 6.92 Å². The van der Waals surface area contributed by atoms with E-state index in [0.717, 1.165) is 28.4 Å². The van der Waals surface area contributed by atoms with Crippen LogP contribution in [0.5, 0.6) is 0 Å². The summed E-state index contributed by atoms with van der Waals surface area (Å²) in [5.74, 6) is 0.0185. The lowest BCUT2D eigenvalue weighted by molar-refractivity contribution is -0.123. The highest BCUT2D eigenvalue weighted by Crippen LogP contribution is 2.22. The van der Waals surface area contributed by atoms with Gasteiger partial charge in [-0.1, -0.05) is 24.3 Å². The number of aryl methyl sites for hydroxylation is 1. The molecule has 20 heavy (non-hydrogen) atoms. The fourth-order valence-electron chi connectivity index (χ4n) is 2.49. The summed E-state index contributed by atoms with van der Waals surface area (Å²) in [6, 6.07) is 7.88. The summed E-state index contributed by atoms with van der Waals surface area (Å²) in [6.45, 7) is 3.35. The van der Waals surface area contributed by atoms with Crippen molar-refractivity contribution in [2.45, 2.75) is 25.9 Å². The molecule has 3 rings (SSSR count). The highest BCUT2D eigenvalue weighted by molar-refractivity contribution is 7.11. The van der Waals surface area contributed by atoms with Gasteiger partial charge >= 0.3 is 0 Å². The Morgan fingerprint density at radius 1 is 1.50 bits per heavy atom. The van der Waals surface area contributed by atoms with Crippen LogP contribution in [-0.4, -0.2) is 17.4 Å². The van der Waals surface area contributed by atoms with Crippen LogP contribution in [0.25, 0.3) is 0 Å². The van der Waals surface area contributed by atoms with E-state index in [1.165, 1.54) is 5.56 Å². The van der Waals surface area contributed by atoms with Crippen LogP contribution in [0.1, 0.15) is 27.1 Å². The quantitative estimate of drug-likeness (QED) is 0.907. The Bertz CT molecular complexity index is 623. The molecular formula is C15H17N3OS. The third kappa shape index (κ3) is 2.73. The van der Waals surface area contributed by atoms with Crippen LogP contribution in [0.4, 0.5) is 0 Å². The average Bonchev–Trinajstić information content (AvgIpc) is 2.90. The molecule has 0 saturated heterocycles. The van der Waals surface area contributed by atoms with Crippen molar-refractivity contribution in [3.05, 3.63) is 51.5 Å². The number of nitrogens with one attached hydrogen (secondary N) is 2. The number of hydrogen-bond acceptors (Lipinski definition) is 4. The molecule has 4 nitrogen and oxygen atoms in total. The van der Waals surface area contributed by atoms with Crippen LogP contribution in [-0.2, 0) is 17.8 Å². The SMILES string of the molecule is Cc1cnc(CNC(=O)C2NCCc3ccccc32)s1. The van der Waals surface area contributed by atoms with Gasteiger partial charge < -0.3 is 10.6 Å². The van der Waals surface area contributed by atoms with E-state index < -0.39 is 0 Å². The number of aromatic nitrogens is 1. The summed E-state index contributed by atoms with van der Waals surface area (Å²) >= 11 is 1.62. The fourth-order valence-corrected chi connectivity index (χ4v) is 3.21. The van der Waals surface area contributed by atoms with Gasteiger partial charge in [0.15, 0.2) is 0 Å². The van der Waals surface area contributed by atoms with Crippen LogP contribution in [0.2, 0.25) is 0 Å². The van der Waals surface area contributed by atoms with Crippen LogP contribution in [0.3, 0.4) is 0 Å². The highest BCUT2D eigenvalue weighted by Gasteiger charge is 2.25. The first kappa shape index (κ1) is 13.3. The molecule has 0 aliphatic carbocycles. The molecule has 1 aromatic heterocycles. The van der Waals surface area contributed by atoms with Crippen molar-refractivity contribution in [3.8, 4) is 0 Å². The summed E-state index contributed by atoms with van der Waals surface area (Å²) in [6.07, 6.45) is 2.81. The minimum absolute atomic E-state index is 0.0185. The predicted molar refractivity (Wildman–Crippen MR) is 79.6 cm³/mol. The van der Waals surface area contributed by atoms with E-state index in [9.17, 15) is 4.79 Å². The topological polar surface area (TPSA) is 54.0 Å². The molecule has 1 unspecified atom stereocenters. The molecule has 0 spiro atoms. The zero-order chi connectivity index (χ0) is 13.9. The van der Waals surface area contributed by atoms with Crippen LogP contribution in [0.15, 0.2) is 30.5 Å². The van der Waals surface area contributed by atoms with E-state index in [1.54, 1.807) is 11.3 Å². The van der Waals surface area contributed by atoms with Gasteiger partial charge in [-0.3, -0.25) is 4.79 Å². The fraction of sp³-hybridized carbons (Fsp3) is 0.333. The first-order chi connectivity index (χ1) is 9.74. The van der Waals surface area contributed by atoms with Gasteiger partial charge in [-0.05, 0) is 24.5 Å². The second kappa shape index (κ2) is 5.73. The zero-order valence-electron chi connectivity index (χ0n) is 11.3. The average molecular weight is 287 g/mol. The van der Waals surface area contributed by atoms with Gasteiger partial charge in [0, 0.05) is 17.6 Å². The number of carbonyl (C=O) groups excluding carboxylic acids is 1. The van der Waals surface area contributed by atoms with Crippen molar-refractivity contribution in [2.75, 3.05) is 6.54 Å². The summed E-state index contributed by atoms with van der Waals surface area (Å²) in [5.41, 5.74) is 2.35. The third-order valence-corrected chi connectivity index (χ3v) is 4.37. The number of carbonyl (C=O) groups is 1. The van der Waals surface area contributed by atoms with Crippen molar-refractivity contribution < 1.29 is 4.79 Å². The van der Waals surface area contributed by atoms with E-state index in [1.807, 2.05) is 31.3 Å². The molecule has 2 N–H and O–H groups in total. The minimum atomic E-state index is -0.249. The van der Waals surface area contributed by atoms with Gasteiger partial charge in [-0.2, -0.15) is 0 Å². The first-order valence-corrected chi connectivity index (χ1v) is 7.56. The summed E-state index contributed by atoms with van der Waals surface area (Å²) in [4.78, 5) is 17.8. The Morgan fingerprint density at radius 2 is 2.35 bits per heavy atom. The zero-order valence-corrected chi connectivity index (χ0v) is 12.2. The Balaban J connectivity index is 1.69. The first-order valence-electron chi connectivity index (χ1n) is 6.74. The van der Waals surface area contributed by atoms with Crippen molar-refractivity contribution in [3.63, 3.8) is 0 Å². The predicted octanol–water partition coefficient (Wildman–Crippen LogP) is 1.95. The molecule has 1 aliphatic heterocycles.